The largest absolute Gasteiger partial charge is 0.398 e. The zero-order chi connectivity index (χ0) is 31.9. The standard InChI is InChI=1S/C46H30N2/c1-2-27-11-3-5-15-30(27)45(47)42-25-36-32-17-7-8-18-33(32)43(46-31-16-6-4-12-28(31)21-22-48-46)26-40(36)39-23-37-34-19-9-13-29-14-10-20-35(44(29)34)38(37)24-41(39)42/h2-26H,47H2,1H3/b27-2-,45-30-. The number of aromatic nitrogens is 1. The summed E-state index contributed by atoms with van der Waals surface area (Å²) in [6, 6.07) is 50.6. The molecule has 1 heterocycles. The number of benzene rings is 8. The molecule has 0 atom stereocenters. The van der Waals surface area contributed by atoms with Gasteiger partial charge in [-0.2, -0.15) is 0 Å². The fourth-order valence-electron chi connectivity index (χ4n) is 8.17. The van der Waals surface area contributed by atoms with Crippen LogP contribution >= 0.6 is 0 Å². The van der Waals surface area contributed by atoms with Gasteiger partial charge in [-0.15, -0.1) is 0 Å². The molecular formula is C46H30N2. The van der Waals surface area contributed by atoms with Crippen molar-refractivity contribution in [3.8, 4) is 33.5 Å². The topological polar surface area (TPSA) is 38.9 Å². The average molecular weight is 611 g/mol. The highest BCUT2D eigenvalue weighted by atomic mass is 14.7. The van der Waals surface area contributed by atoms with Crippen molar-refractivity contribution < 1.29 is 0 Å². The van der Waals surface area contributed by atoms with E-state index in [1.165, 1.54) is 65.3 Å². The molecule has 0 saturated carbocycles. The second-order valence-electron chi connectivity index (χ2n) is 12.8. The van der Waals surface area contributed by atoms with Gasteiger partial charge in [0.2, 0.25) is 0 Å². The number of nitrogens with two attached hydrogens (primary N) is 1. The van der Waals surface area contributed by atoms with Crippen LogP contribution in [0.2, 0.25) is 0 Å². The maximum Gasteiger partial charge on any atom is 0.0786 e. The molecule has 0 bridgehead atoms. The quantitative estimate of drug-likeness (QED) is 0.198. The molecule has 8 aromatic carbocycles. The first-order valence-electron chi connectivity index (χ1n) is 16.5. The Morgan fingerprint density at radius 2 is 1.10 bits per heavy atom. The third kappa shape index (κ3) is 3.72. The molecule has 0 unspecified atom stereocenters. The zero-order valence-corrected chi connectivity index (χ0v) is 26.5. The molecule has 1 aliphatic rings. The van der Waals surface area contributed by atoms with Crippen LogP contribution in [0.25, 0.3) is 99.1 Å². The second-order valence-corrected chi connectivity index (χ2v) is 12.8. The maximum atomic E-state index is 7.27. The number of nitrogens with zero attached hydrogens (tertiary/aromatic N) is 1. The van der Waals surface area contributed by atoms with Crippen molar-refractivity contribution in [1.82, 2.24) is 4.98 Å². The summed E-state index contributed by atoms with van der Waals surface area (Å²) < 4.78 is 0. The Morgan fingerprint density at radius 3 is 1.90 bits per heavy atom. The Labute approximate surface area is 277 Å². The molecule has 2 heteroatoms. The molecule has 48 heavy (non-hydrogen) atoms. The van der Waals surface area contributed by atoms with Gasteiger partial charge in [-0.1, -0.05) is 115 Å². The average Bonchev–Trinajstić information content (AvgIpc) is 3.46. The number of hydrogen-bond donors (Lipinski definition) is 1. The van der Waals surface area contributed by atoms with Crippen molar-refractivity contribution in [1.29, 1.82) is 0 Å². The van der Waals surface area contributed by atoms with E-state index in [-0.39, 0.29) is 0 Å². The van der Waals surface area contributed by atoms with E-state index >= 15 is 0 Å². The first-order valence-corrected chi connectivity index (χ1v) is 16.5. The van der Waals surface area contributed by atoms with E-state index in [1.54, 1.807) is 0 Å². The van der Waals surface area contributed by atoms with Gasteiger partial charge >= 0.3 is 0 Å². The summed E-state index contributed by atoms with van der Waals surface area (Å²) in [5.74, 6) is 0. The SMILES string of the molecule is C/C=c1/cccc/c1=C(/N)c1cc2c3ccccc3c(-c3nccc4ccccc34)cc2c2cc3c(cc12)-c1cccc2cccc-3c12. The highest BCUT2D eigenvalue weighted by molar-refractivity contribution is 6.26. The van der Waals surface area contributed by atoms with E-state index in [0.29, 0.717) is 0 Å². The third-order valence-electron chi connectivity index (χ3n) is 10.4. The van der Waals surface area contributed by atoms with Crippen LogP contribution in [0.15, 0.2) is 146 Å². The first kappa shape index (κ1) is 26.9. The molecule has 0 radical (unpaired) electrons. The highest BCUT2D eigenvalue weighted by Crippen LogP contribution is 2.50. The minimum absolute atomic E-state index is 0.785. The Kier molecular flexibility index (Phi) is 5.68. The van der Waals surface area contributed by atoms with Gasteiger partial charge in [0, 0.05) is 33.6 Å². The lowest BCUT2D eigenvalue weighted by Gasteiger charge is -2.18. The van der Waals surface area contributed by atoms with Crippen LogP contribution in [-0.4, -0.2) is 4.98 Å². The van der Waals surface area contributed by atoms with E-state index < -0.39 is 0 Å². The fraction of sp³-hybridized carbons (Fsp3) is 0.0217. The van der Waals surface area contributed by atoms with Crippen molar-refractivity contribution in [3.63, 3.8) is 0 Å². The molecule has 1 aliphatic carbocycles. The van der Waals surface area contributed by atoms with Crippen molar-refractivity contribution in [3.05, 3.63) is 162 Å². The van der Waals surface area contributed by atoms with Crippen LogP contribution in [0.5, 0.6) is 0 Å². The fourth-order valence-corrected chi connectivity index (χ4v) is 8.17. The lowest BCUT2D eigenvalue weighted by molar-refractivity contribution is 1.37. The molecule has 0 amide bonds. The minimum atomic E-state index is 0.785. The van der Waals surface area contributed by atoms with Crippen LogP contribution in [0.3, 0.4) is 0 Å². The van der Waals surface area contributed by atoms with Gasteiger partial charge in [-0.3, -0.25) is 4.98 Å². The van der Waals surface area contributed by atoms with Gasteiger partial charge in [0.15, 0.2) is 0 Å². The molecule has 0 fully saturated rings. The summed E-state index contributed by atoms with van der Waals surface area (Å²) in [5.41, 5.74) is 16.3. The van der Waals surface area contributed by atoms with Gasteiger partial charge in [0.25, 0.3) is 0 Å². The Hall–Kier alpha value is -6.25. The number of hydrogen-bond acceptors (Lipinski definition) is 2. The van der Waals surface area contributed by atoms with Crippen molar-refractivity contribution in [2.75, 3.05) is 0 Å². The lowest BCUT2D eigenvalue weighted by Crippen LogP contribution is -2.29. The second kappa shape index (κ2) is 10.1. The van der Waals surface area contributed by atoms with Crippen molar-refractivity contribution in [2.24, 2.45) is 5.73 Å². The van der Waals surface area contributed by atoms with Crippen molar-refractivity contribution in [2.45, 2.75) is 6.92 Å². The molecule has 0 saturated heterocycles. The predicted octanol–water partition coefficient (Wildman–Crippen LogP) is 10.1. The third-order valence-corrected chi connectivity index (χ3v) is 10.4. The zero-order valence-electron chi connectivity index (χ0n) is 26.5. The number of fused-ring (bicyclic) bond motifs is 9. The van der Waals surface area contributed by atoms with Crippen LogP contribution in [0.4, 0.5) is 0 Å². The molecular weight excluding hydrogens is 581 g/mol. The monoisotopic (exact) mass is 610 g/mol. The van der Waals surface area contributed by atoms with E-state index in [1.807, 2.05) is 6.20 Å². The van der Waals surface area contributed by atoms with Crippen molar-refractivity contribution >= 4 is 65.6 Å². The maximum absolute atomic E-state index is 7.27. The van der Waals surface area contributed by atoms with Crippen LogP contribution < -0.4 is 16.2 Å². The molecule has 224 valence electrons. The highest BCUT2D eigenvalue weighted by Gasteiger charge is 2.24. The van der Waals surface area contributed by atoms with E-state index in [2.05, 4.69) is 153 Å². The first-order chi connectivity index (χ1) is 23.7. The molecule has 0 aliphatic heterocycles. The minimum Gasteiger partial charge on any atom is -0.398 e. The van der Waals surface area contributed by atoms with Crippen LogP contribution in [-0.2, 0) is 0 Å². The summed E-state index contributed by atoms with van der Waals surface area (Å²) in [6.07, 6.45) is 4.07. The van der Waals surface area contributed by atoms with Gasteiger partial charge in [-0.05, 0) is 113 Å². The van der Waals surface area contributed by atoms with E-state index in [9.17, 15) is 0 Å². The lowest BCUT2D eigenvalue weighted by atomic mass is 9.87. The van der Waals surface area contributed by atoms with E-state index in [4.69, 9.17) is 10.7 Å². The molecule has 10 rings (SSSR count). The Bertz CT molecular complexity index is 2960. The molecule has 0 spiro atoms. The summed E-state index contributed by atoms with van der Waals surface area (Å²) >= 11 is 0. The van der Waals surface area contributed by atoms with E-state index in [0.717, 1.165) is 43.7 Å². The number of pyridine rings is 1. The normalized spacial score (nSPS) is 13.2. The summed E-state index contributed by atoms with van der Waals surface area (Å²) in [7, 11) is 0. The summed E-state index contributed by atoms with van der Waals surface area (Å²) in [6.45, 7) is 2.08. The molecule has 2 N–H and O–H groups in total. The Balaban J connectivity index is 1.42. The number of rotatable bonds is 2. The molecule has 1 aromatic heterocycles. The van der Waals surface area contributed by atoms with Gasteiger partial charge in [0.05, 0.1) is 5.69 Å². The van der Waals surface area contributed by atoms with Gasteiger partial charge in [-0.25, -0.2) is 0 Å². The van der Waals surface area contributed by atoms with Crippen LogP contribution in [0, 0.1) is 0 Å². The van der Waals surface area contributed by atoms with Gasteiger partial charge in [0.1, 0.15) is 0 Å². The Morgan fingerprint density at radius 1 is 0.500 bits per heavy atom. The van der Waals surface area contributed by atoms with Crippen LogP contribution in [0.1, 0.15) is 12.5 Å². The molecule has 9 aromatic rings. The van der Waals surface area contributed by atoms with Gasteiger partial charge < -0.3 is 5.73 Å². The predicted molar refractivity (Wildman–Crippen MR) is 204 cm³/mol. The summed E-state index contributed by atoms with van der Waals surface area (Å²) in [4.78, 5) is 5.00. The summed E-state index contributed by atoms with van der Waals surface area (Å²) in [5, 5.41) is 14.2. The molecule has 2 nitrogen and oxygen atoms in total. The smallest absolute Gasteiger partial charge is 0.0786 e.